The van der Waals surface area contributed by atoms with E-state index in [2.05, 4.69) is 86.5 Å². The first-order valence-electron chi connectivity index (χ1n) is 11.8. The minimum Gasteiger partial charge on any atom is -0.378 e. The van der Waals surface area contributed by atoms with E-state index in [1.807, 2.05) is 0 Å². The van der Waals surface area contributed by atoms with Gasteiger partial charge in [-0.2, -0.15) is 11.6 Å². The molecule has 2 saturated carbocycles. The van der Waals surface area contributed by atoms with Gasteiger partial charge in [0.05, 0.1) is 6.15 Å². The quantitative estimate of drug-likeness (QED) is 0.621. The number of anilines is 2. The second kappa shape index (κ2) is 8.46. The summed E-state index contributed by atoms with van der Waals surface area (Å²) < 4.78 is 0. The summed E-state index contributed by atoms with van der Waals surface area (Å²) in [4.78, 5) is 4.44. The van der Waals surface area contributed by atoms with Crippen molar-refractivity contribution in [3.63, 3.8) is 0 Å². The molecule has 2 fully saturated rings. The molecule has 0 saturated heterocycles. The first-order chi connectivity index (χ1) is 14.0. The second-order valence-corrected chi connectivity index (χ2v) is 10.1. The zero-order valence-electron chi connectivity index (χ0n) is 18.9. The number of hydrogen-bond acceptors (Lipinski definition) is 2. The molecule has 0 aromatic heterocycles. The van der Waals surface area contributed by atoms with Crippen LogP contribution >= 0.6 is 0 Å². The van der Waals surface area contributed by atoms with Crippen LogP contribution in [-0.2, 0) is 0 Å². The molecule has 156 valence electrons. The normalized spacial score (nSPS) is 18.3. The summed E-state index contributed by atoms with van der Waals surface area (Å²) in [6, 6.07) is 19.3. The van der Waals surface area contributed by atoms with Gasteiger partial charge in [0.1, 0.15) is 0 Å². The Morgan fingerprint density at radius 3 is 1.14 bits per heavy atom. The first-order valence-corrected chi connectivity index (χ1v) is 11.8. The molecule has 29 heavy (non-hydrogen) atoms. The van der Waals surface area contributed by atoms with Gasteiger partial charge < -0.3 is 9.80 Å². The number of hydrogen-bond donors (Lipinski definition) is 0. The molecule has 0 bridgehead atoms. The summed E-state index contributed by atoms with van der Waals surface area (Å²) in [7, 11) is 8.56. The van der Waals surface area contributed by atoms with Crippen molar-refractivity contribution in [2.45, 2.75) is 63.0 Å². The van der Waals surface area contributed by atoms with E-state index >= 15 is 0 Å². The zero-order chi connectivity index (χ0) is 20.4. The van der Waals surface area contributed by atoms with Crippen molar-refractivity contribution in [2.75, 3.05) is 38.0 Å². The molecule has 3 heteroatoms. The van der Waals surface area contributed by atoms with Crippen LogP contribution in [0.15, 0.2) is 48.5 Å². The summed E-state index contributed by atoms with van der Waals surface area (Å²) in [6.45, 7) is 0. The van der Waals surface area contributed by atoms with Crippen LogP contribution in [0.25, 0.3) is 0 Å². The fourth-order valence-corrected chi connectivity index (χ4v) is 6.81. The number of rotatable bonds is 6. The summed E-state index contributed by atoms with van der Waals surface area (Å²) >= 11 is 0. The summed E-state index contributed by atoms with van der Waals surface area (Å²) in [5.41, 5.74) is 5.84. The Hall–Kier alpha value is -1.90. The van der Waals surface area contributed by atoms with E-state index in [0.717, 1.165) is 11.6 Å². The van der Waals surface area contributed by atoms with Crippen molar-refractivity contribution in [3.8, 4) is 0 Å². The van der Waals surface area contributed by atoms with Crippen molar-refractivity contribution >= 4 is 28.4 Å². The van der Waals surface area contributed by atoms with Crippen molar-refractivity contribution in [2.24, 2.45) is 0 Å². The molecule has 0 amide bonds. The molecule has 2 aliphatic rings. The van der Waals surface area contributed by atoms with E-state index in [1.165, 1.54) is 62.7 Å². The van der Waals surface area contributed by atoms with Gasteiger partial charge >= 0.3 is 0 Å². The van der Waals surface area contributed by atoms with Crippen molar-refractivity contribution in [1.82, 2.24) is 0 Å². The monoisotopic (exact) mass is 389 g/mol. The van der Waals surface area contributed by atoms with Gasteiger partial charge in [-0.05, 0) is 24.3 Å². The van der Waals surface area contributed by atoms with Gasteiger partial charge in [0.2, 0.25) is 0 Å². The Morgan fingerprint density at radius 2 is 0.862 bits per heavy atom. The highest BCUT2D eigenvalue weighted by Gasteiger charge is 2.43. The van der Waals surface area contributed by atoms with E-state index in [-0.39, 0.29) is 0 Å². The molecule has 4 rings (SSSR count). The van der Waals surface area contributed by atoms with Gasteiger partial charge in [0, 0.05) is 39.6 Å². The van der Waals surface area contributed by atoms with Crippen LogP contribution in [0.1, 0.15) is 51.4 Å². The van der Waals surface area contributed by atoms with E-state index in [1.54, 1.807) is 10.9 Å². The van der Waals surface area contributed by atoms with Crippen molar-refractivity contribution in [3.05, 3.63) is 48.5 Å². The molecule has 2 aromatic rings. The smallest absolute Gasteiger partial charge is 0.0605 e. The molecule has 0 aliphatic heterocycles. The molecule has 0 N–H and O–H groups in total. The third-order valence-corrected chi connectivity index (χ3v) is 8.21. The molecule has 0 atom stereocenters. The lowest BCUT2D eigenvalue weighted by molar-refractivity contribution is 0.766. The molecule has 0 unspecified atom stereocenters. The Kier molecular flexibility index (Phi) is 5.94. The maximum Gasteiger partial charge on any atom is 0.0605 e. The predicted octanol–water partition coefficient (Wildman–Crippen LogP) is 5.27. The van der Waals surface area contributed by atoms with Gasteiger partial charge in [0.25, 0.3) is 0 Å². The SMILES string of the molecule is CN(C)c1ccc([B-](c2ccc(N(C)C)cc2)(C2CCCC2)C2CCCC2)cc1. The standard InChI is InChI=1S/C26H38BN2/c1-28(2)25-17-13-23(14-18-25)27(21-9-5-6-10-21,22-11-7-8-12-22)24-15-19-26(20-16-24)29(3)4/h13-22H,5-12H2,1-4H3/q-1. The Balaban J connectivity index is 1.88. The van der Waals surface area contributed by atoms with E-state index in [9.17, 15) is 0 Å². The Bertz CT molecular complexity index is 713. The van der Waals surface area contributed by atoms with Crippen molar-refractivity contribution < 1.29 is 0 Å². The Morgan fingerprint density at radius 1 is 0.552 bits per heavy atom. The summed E-state index contributed by atoms with van der Waals surface area (Å²) in [5, 5.41) is 0. The lowest BCUT2D eigenvalue weighted by atomic mass is 9.08. The lowest BCUT2D eigenvalue weighted by Crippen LogP contribution is -2.64. The molecule has 0 heterocycles. The Labute approximate surface area is 178 Å². The highest BCUT2D eigenvalue weighted by molar-refractivity contribution is 7.04. The van der Waals surface area contributed by atoms with Crippen LogP contribution < -0.4 is 20.7 Å². The van der Waals surface area contributed by atoms with Crippen LogP contribution in [0.5, 0.6) is 0 Å². The highest BCUT2D eigenvalue weighted by Crippen LogP contribution is 2.49. The maximum atomic E-state index is 2.48. The first kappa shape index (κ1) is 20.4. The van der Waals surface area contributed by atoms with Crippen LogP contribution in [0.3, 0.4) is 0 Å². The third kappa shape index (κ3) is 3.69. The summed E-state index contributed by atoms with van der Waals surface area (Å²) in [6.07, 6.45) is 10.5. The minimum absolute atomic E-state index is 0.732. The van der Waals surface area contributed by atoms with Gasteiger partial charge in [-0.1, -0.05) is 75.6 Å². The lowest BCUT2D eigenvalue weighted by Gasteiger charge is -2.52. The predicted molar refractivity (Wildman–Crippen MR) is 131 cm³/mol. The average Bonchev–Trinajstić information content (AvgIpc) is 3.45. The zero-order valence-corrected chi connectivity index (χ0v) is 18.9. The third-order valence-electron chi connectivity index (χ3n) is 8.21. The highest BCUT2D eigenvalue weighted by atomic mass is 15.1. The molecular weight excluding hydrogens is 351 g/mol. The van der Waals surface area contributed by atoms with Crippen LogP contribution in [0, 0.1) is 0 Å². The van der Waals surface area contributed by atoms with Gasteiger partial charge in [-0.25, -0.2) is 10.9 Å². The molecule has 0 radical (unpaired) electrons. The van der Waals surface area contributed by atoms with Crippen LogP contribution in [0.4, 0.5) is 11.4 Å². The summed E-state index contributed by atoms with van der Waals surface area (Å²) in [5.74, 6) is 1.65. The number of benzene rings is 2. The molecule has 2 nitrogen and oxygen atoms in total. The molecular formula is C26H38BN2-. The molecule has 2 aliphatic carbocycles. The second-order valence-electron chi connectivity index (χ2n) is 10.1. The minimum atomic E-state index is -0.732. The molecule has 2 aromatic carbocycles. The fourth-order valence-electron chi connectivity index (χ4n) is 6.81. The van der Waals surface area contributed by atoms with Crippen LogP contribution in [0.2, 0.25) is 11.6 Å². The topological polar surface area (TPSA) is 6.48 Å². The number of nitrogens with zero attached hydrogens (tertiary/aromatic N) is 2. The van der Waals surface area contributed by atoms with Crippen molar-refractivity contribution in [1.29, 1.82) is 0 Å². The van der Waals surface area contributed by atoms with E-state index in [4.69, 9.17) is 0 Å². The fraction of sp³-hybridized carbons (Fsp3) is 0.538. The molecule has 0 spiro atoms. The average molecular weight is 389 g/mol. The van der Waals surface area contributed by atoms with Gasteiger partial charge in [-0.3, -0.25) is 0 Å². The van der Waals surface area contributed by atoms with E-state index in [0.29, 0.717) is 0 Å². The van der Waals surface area contributed by atoms with E-state index < -0.39 is 6.15 Å². The van der Waals surface area contributed by atoms with Gasteiger partial charge in [0.15, 0.2) is 0 Å². The van der Waals surface area contributed by atoms with Crippen LogP contribution in [-0.4, -0.2) is 34.3 Å². The largest absolute Gasteiger partial charge is 0.378 e. The van der Waals surface area contributed by atoms with Gasteiger partial charge in [-0.15, -0.1) is 0 Å². The maximum absolute atomic E-state index is 2.48.